The monoisotopic (exact) mass is 221 g/mol. The molecule has 7 nitrogen and oxygen atoms in total. The Morgan fingerprint density at radius 2 is 2.12 bits per heavy atom. The standard InChI is InChI=1S/C9H11N5O2/c1-5(15-2)8-13-9(16-14-8)6-7(10)12-4-3-11-6/h3-5H,1-2H3,(H2,10,12). The Hall–Kier alpha value is -2.02. The first-order chi connectivity index (χ1) is 7.72. The Balaban J connectivity index is 2.35. The summed E-state index contributed by atoms with van der Waals surface area (Å²) in [5.74, 6) is 0.940. The molecule has 2 N–H and O–H groups in total. The van der Waals surface area contributed by atoms with Gasteiger partial charge in [-0.3, -0.25) is 0 Å². The van der Waals surface area contributed by atoms with Crippen LogP contribution in [-0.2, 0) is 4.74 Å². The van der Waals surface area contributed by atoms with Gasteiger partial charge < -0.3 is 15.0 Å². The van der Waals surface area contributed by atoms with Gasteiger partial charge in [0.25, 0.3) is 5.89 Å². The summed E-state index contributed by atoms with van der Waals surface area (Å²) in [6.45, 7) is 1.81. The molecule has 0 aromatic carbocycles. The van der Waals surface area contributed by atoms with Crippen LogP contribution in [0, 0.1) is 0 Å². The summed E-state index contributed by atoms with van der Waals surface area (Å²) in [5, 5.41) is 3.77. The third-order valence-corrected chi connectivity index (χ3v) is 2.09. The van der Waals surface area contributed by atoms with Crippen molar-refractivity contribution in [1.82, 2.24) is 20.1 Å². The topological polar surface area (TPSA) is 100.0 Å². The molecule has 0 aliphatic heterocycles. The number of methoxy groups -OCH3 is 1. The molecule has 0 saturated heterocycles. The molecular weight excluding hydrogens is 210 g/mol. The van der Waals surface area contributed by atoms with Crippen molar-refractivity contribution in [2.45, 2.75) is 13.0 Å². The van der Waals surface area contributed by atoms with Crippen molar-refractivity contribution in [2.24, 2.45) is 0 Å². The van der Waals surface area contributed by atoms with Crippen LogP contribution in [0.3, 0.4) is 0 Å². The quantitative estimate of drug-likeness (QED) is 0.818. The maximum Gasteiger partial charge on any atom is 0.280 e. The lowest BCUT2D eigenvalue weighted by atomic mass is 10.4. The van der Waals surface area contributed by atoms with Crippen LogP contribution in [0.4, 0.5) is 5.82 Å². The largest absolute Gasteiger partial charge is 0.382 e. The van der Waals surface area contributed by atoms with Crippen molar-refractivity contribution in [1.29, 1.82) is 0 Å². The van der Waals surface area contributed by atoms with Crippen LogP contribution in [0.5, 0.6) is 0 Å². The number of rotatable bonds is 3. The summed E-state index contributed by atoms with van der Waals surface area (Å²) in [6, 6.07) is 0. The number of hydrogen-bond donors (Lipinski definition) is 1. The number of nitrogens with two attached hydrogens (primary N) is 1. The summed E-state index contributed by atoms with van der Waals surface area (Å²) in [5.41, 5.74) is 6.02. The number of nitrogens with zero attached hydrogens (tertiary/aromatic N) is 4. The second-order valence-electron chi connectivity index (χ2n) is 3.13. The minimum Gasteiger partial charge on any atom is -0.382 e. The maximum absolute atomic E-state index is 5.64. The van der Waals surface area contributed by atoms with Crippen LogP contribution in [0.15, 0.2) is 16.9 Å². The fraction of sp³-hybridized carbons (Fsp3) is 0.333. The highest BCUT2D eigenvalue weighted by Gasteiger charge is 2.17. The van der Waals surface area contributed by atoms with Gasteiger partial charge in [-0.1, -0.05) is 5.16 Å². The van der Waals surface area contributed by atoms with Crippen LogP contribution in [0.25, 0.3) is 11.6 Å². The van der Waals surface area contributed by atoms with Crippen molar-refractivity contribution in [3.63, 3.8) is 0 Å². The van der Waals surface area contributed by atoms with E-state index in [2.05, 4.69) is 20.1 Å². The number of ether oxygens (including phenoxy) is 1. The lowest BCUT2D eigenvalue weighted by molar-refractivity contribution is 0.109. The molecule has 0 aliphatic rings. The summed E-state index contributed by atoms with van der Waals surface area (Å²) >= 11 is 0. The summed E-state index contributed by atoms with van der Waals surface area (Å²) in [7, 11) is 1.57. The smallest absolute Gasteiger partial charge is 0.280 e. The van der Waals surface area contributed by atoms with Crippen LogP contribution in [-0.4, -0.2) is 27.2 Å². The van der Waals surface area contributed by atoms with Crippen molar-refractivity contribution < 1.29 is 9.26 Å². The highest BCUT2D eigenvalue weighted by Crippen LogP contribution is 2.21. The van der Waals surface area contributed by atoms with Crippen LogP contribution >= 0.6 is 0 Å². The van der Waals surface area contributed by atoms with Crippen molar-refractivity contribution in [2.75, 3.05) is 12.8 Å². The Kier molecular flexibility index (Phi) is 2.78. The van der Waals surface area contributed by atoms with Crippen LogP contribution in [0.1, 0.15) is 18.9 Å². The molecule has 0 radical (unpaired) electrons. The molecule has 7 heteroatoms. The molecular formula is C9H11N5O2. The fourth-order valence-corrected chi connectivity index (χ4v) is 1.12. The normalized spacial score (nSPS) is 12.6. The Morgan fingerprint density at radius 3 is 2.81 bits per heavy atom. The molecule has 0 spiro atoms. The predicted molar refractivity (Wildman–Crippen MR) is 55.2 cm³/mol. The first-order valence-electron chi connectivity index (χ1n) is 4.65. The molecule has 0 aliphatic carbocycles. The molecule has 2 aromatic heterocycles. The van der Waals surface area contributed by atoms with Crippen molar-refractivity contribution in [3.05, 3.63) is 18.2 Å². The molecule has 2 aromatic rings. The van der Waals surface area contributed by atoms with Gasteiger partial charge in [0, 0.05) is 19.5 Å². The van der Waals surface area contributed by atoms with Crippen LogP contribution < -0.4 is 5.73 Å². The SMILES string of the molecule is COC(C)c1noc(-c2nccnc2N)n1. The highest BCUT2D eigenvalue weighted by atomic mass is 16.5. The first kappa shape index (κ1) is 10.5. The van der Waals surface area contributed by atoms with Crippen LogP contribution in [0.2, 0.25) is 0 Å². The average Bonchev–Trinajstić information content (AvgIpc) is 2.78. The van der Waals surface area contributed by atoms with Gasteiger partial charge in [-0.25, -0.2) is 9.97 Å². The maximum atomic E-state index is 5.64. The third-order valence-electron chi connectivity index (χ3n) is 2.09. The zero-order chi connectivity index (χ0) is 11.5. The number of hydrogen-bond acceptors (Lipinski definition) is 7. The fourth-order valence-electron chi connectivity index (χ4n) is 1.12. The number of aromatic nitrogens is 4. The number of anilines is 1. The Bertz CT molecular complexity index is 484. The second-order valence-corrected chi connectivity index (χ2v) is 3.13. The molecule has 1 atom stereocenters. The first-order valence-corrected chi connectivity index (χ1v) is 4.65. The lowest BCUT2D eigenvalue weighted by Gasteiger charge is -2.01. The average molecular weight is 221 g/mol. The predicted octanol–water partition coefficient (Wildman–Crippen LogP) is 0.816. The molecule has 0 fully saturated rings. The molecule has 84 valence electrons. The van der Waals surface area contributed by atoms with E-state index in [-0.39, 0.29) is 17.8 Å². The van der Waals surface area contributed by atoms with E-state index in [4.69, 9.17) is 15.0 Å². The summed E-state index contributed by atoms with van der Waals surface area (Å²) in [4.78, 5) is 12.0. The van der Waals surface area contributed by atoms with E-state index < -0.39 is 0 Å². The number of nitrogen functional groups attached to an aromatic ring is 1. The van der Waals surface area contributed by atoms with E-state index in [0.717, 1.165) is 0 Å². The molecule has 1 unspecified atom stereocenters. The van der Waals surface area contributed by atoms with Gasteiger partial charge in [0.1, 0.15) is 6.10 Å². The van der Waals surface area contributed by atoms with Gasteiger partial charge in [-0.2, -0.15) is 4.98 Å². The van der Waals surface area contributed by atoms with Gasteiger partial charge in [-0.15, -0.1) is 0 Å². The Labute approximate surface area is 91.7 Å². The van der Waals surface area contributed by atoms with E-state index in [1.165, 1.54) is 12.4 Å². The zero-order valence-electron chi connectivity index (χ0n) is 8.91. The molecule has 0 saturated carbocycles. The summed E-state index contributed by atoms with van der Waals surface area (Å²) < 4.78 is 10.1. The van der Waals surface area contributed by atoms with E-state index in [1.807, 2.05) is 6.92 Å². The Morgan fingerprint density at radius 1 is 1.38 bits per heavy atom. The van der Waals surface area contributed by atoms with E-state index >= 15 is 0 Å². The minimum absolute atomic E-state index is 0.240. The van der Waals surface area contributed by atoms with Gasteiger partial charge in [0.15, 0.2) is 11.5 Å². The second kappa shape index (κ2) is 4.23. The van der Waals surface area contributed by atoms with E-state index in [0.29, 0.717) is 11.5 Å². The van der Waals surface area contributed by atoms with E-state index in [1.54, 1.807) is 7.11 Å². The molecule has 0 amide bonds. The van der Waals surface area contributed by atoms with Crippen molar-refractivity contribution in [3.8, 4) is 11.6 Å². The van der Waals surface area contributed by atoms with Gasteiger partial charge in [0.2, 0.25) is 5.82 Å². The molecule has 0 bridgehead atoms. The van der Waals surface area contributed by atoms with Gasteiger partial charge in [0.05, 0.1) is 0 Å². The molecule has 2 heterocycles. The molecule has 2 rings (SSSR count). The van der Waals surface area contributed by atoms with E-state index in [9.17, 15) is 0 Å². The zero-order valence-corrected chi connectivity index (χ0v) is 8.91. The minimum atomic E-state index is -0.240. The van der Waals surface area contributed by atoms with Crippen molar-refractivity contribution >= 4 is 5.82 Å². The lowest BCUT2D eigenvalue weighted by Crippen LogP contribution is -1.99. The van der Waals surface area contributed by atoms with Gasteiger partial charge >= 0.3 is 0 Å². The summed E-state index contributed by atoms with van der Waals surface area (Å²) in [6.07, 6.45) is 2.76. The van der Waals surface area contributed by atoms with Gasteiger partial charge in [-0.05, 0) is 6.92 Å². The highest BCUT2D eigenvalue weighted by molar-refractivity contribution is 5.61. The third kappa shape index (κ3) is 1.84. The molecule has 16 heavy (non-hydrogen) atoms.